The van der Waals surface area contributed by atoms with Crippen molar-refractivity contribution >= 4 is 0 Å². The molecular formula is C14H29N3. The lowest BCUT2D eigenvalue weighted by molar-refractivity contribution is 0.118. The molecule has 1 saturated carbocycles. The zero-order valence-corrected chi connectivity index (χ0v) is 11.6. The molecule has 2 rings (SSSR count). The lowest BCUT2D eigenvalue weighted by Gasteiger charge is -2.38. The van der Waals surface area contributed by atoms with Gasteiger partial charge in [-0.15, -0.1) is 0 Å². The summed E-state index contributed by atoms with van der Waals surface area (Å²) in [6, 6.07) is 1.31. The van der Waals surface area contributed by atoms with Crippen molar-refractivity contribution in [2.24, 2.45) is 11.7 Å². The molecule has 2 fully saturated rings. The molecule has 1 saturated heterocycles. The number of hydrogen-bond donors (Lipinski definition) is 1. The summed E-state index contributed by atoms with van der Waals surface area (Å²) in [7, 11) is 4.56. The second-order valence-electron chi connectivity index (χ2n) is 6.25. The van der Waals surface area contributed by atoms with E-state index in [4.69, 9.17) is 5.73 Å². The Morgan fingerprint density at radius 3 is 2.24 bits per heavy atom. The fourth-order valence-electron chi connectivity index (χ4n) is 3.36. The first-order valence-electron chi connectivity index (χ1n) is 7.29. The van der Waals surface area contributed by atoms with Gasteiger partial charge < -0.3 is 15.5 Å². The Labute approximate surface area is 106 Å². The van der Waals surface area contributed by atoms with E-state index >= 15 is 0 Å². The Bertz CT molecular complexity index is 216. The van der Waals surface area contributed by atoms with Gasteiger partial charge in [-0.05, 0) is 71.6 Å². The van der Waals surface area contributed by atoms with Crippen LogP contribution in [0.4, 0.5) is 0 Å². The van der Waals surface area contributed by atoms with Gasteiger partial charge in [0.2, 0.25) is 0 Å². The molecule has 0 amide bonds. The number of piperidine rings is 1. The molecule has 2 N–H and O–H groups in total. The van der Waals surface area contributed by atoms with Crippen LogP contribution in [-0.2, 0) is 0 Å². The SMILES string of the molecule is CN1CCC(N(C)CC2CCC(N)CC2)CC1. The number of rotatable bonds is 3. The summed E-state index contributed by atoms with van der Waals surface area (Å²) in [6.07, 6.45) is 7.87. The molecule has 0 bridgehead atoms. The maximum atomic E-state index is 5.97. The lowest BCUT2D eigenvalue weighted by Crippen LogP contribution is -2.44. The molecule has 3 heteroatoms. The van der Waals surface area contributed by atoms with Gasteiger partial charge in [-0.1, -0.05) is 0 Å². The molecule has 0 aromatic rings. The van der Waals surface area contributed by atoms with Crippen LogP contribution in [0.5, 0.6) is 0 Å². The number of likely N-dealkylation sites (tertiary alicyclic amines) is 1. The van der Waals surface area contributed by atoms with Crippen molar-refractivity contribution in [2.75, 3.05) is 33.7 Å². The highest BCUT2D eigenvalue weighted by atomic mass is 15.2. The van der Waals surface area contributed by atoms with Gasteiger partial charge in [0.25, 0.3) is 0 Å². The molecule has 0 spiro atoms. The first kappa shape index (κ1) is 13.3. The molecule has 0 aromatic heterocycles. The minimum absolute atomic E-state index is 0.486. The molecular weight excluding hydrogens is 210 g/mol. The van der Waals surface area contributed by atoms with Crippen LogP contribution in [0, 0.1) is 5.92 Å². The minimum Gasteiger partial charge on any atom is -0.328 e. The summed E-state index contributed by atoms with van der Waals surface area (Å²) in [5, 5.41) is 0. The normalized spacial score (nSPS) is 33.2. The maximum absolute atomic E-state index is 5.97. The Hall–Kier alpha value is -0.120. The van der Waals surface area contributed by atoms with Crippen LogP contribution in [0.2, 0.25) is 0 Å². The maximum Gasteiger partial charge on any atom is 0.0117 e. The van der Waals surface area contributed by atoms with Gasteiger partial charge in [0.15, 0.2) is 0 Å². The van der Waals surface area contributed by atoms with Gasteiger partial charge in [-0.2, -0.15) is 0 Å². The molecule has 1 aliphatic carbocycles. The number of nitrogens with zero attached hydrogens (tertiary/aromatic N) is 2. The van der Waals surface area contributed by atoms with Gasteiger partial charge in [-0.25, -0.2) is 0 Å². The Kier molecular flexibility index (Phi) is 4.83. The molecule has 0 aromatic carbocycles. The van der Waals surface area contributed by atoms with Crippen molar-refractivity contribution in [3.63, 3.8) is 0 Å². The lowest BCUT2D eigenvalue weighted by atomic mass is 9.86. The van der Waals surface area contributed by atoms with Crippen LogP contribution in [0.15, 0.2) is 0 Å². The predicted octanol–water partition coefficient (Wildman–Crippen LogP) is 1.53. The van der Waals surface area contributed by atoms with Crippen molar-refractivity contribution in [2.45, 2.75) is 50.6 Å². The smallest absolute Gasteiger partial charge is 0.0117 e. The second-order valence-corrected chi connectivity index (χ2v) is 6.25. The van der Waals surface area contributed by atoms with E-state index in [0.29, 0.717) is 6.04 Å². The summed E-state index contributed by atoms with van der Waals surface area (Å²) in [6.45, 7) is 3.83. The molecule has 3 nitrogen and oxygen atoms in total. The van der Waals surface area contributed by atoms with Gasteiger partial charge in [0.1, 0.15) is 0 Å². The van der Waals surface area contributed by atoms with E-state index in [2.05, 4.69) is 23.9 Å². The molecule has 0 atom stereocenters. The highest BCUT2D eigenvalue weighted by Crippen LogP contribution is 2.25. The summed E-state index contributed by atoms with van der Waals surface area (Å²) < 4.78 is 0. The Morgan fingerprint density at radius 2 is 1.65 bits per heavy atom. The van der Waals surface area contributed by atoms with E-state index in [9.17, 15) is 0 Å². The third-order valence-corrected chi connectivity index (χ3v) is 4.75. The summed E-state index contributed by atoms with van der Waals surface area (Å²) in [5.74, 6) is 0.902. The Morgan fingerprint density at radius 1 is 1.06 bits per heavy atom. The molecule has 17 heavy (non-hydrogen) atoms. The van der Waals surface area contributed by atoms with E-state index in [1.54, 1.807) is 0 Å². The van der Waals surface area contributed by atoms with Crippen LogP contribution in [0.25, 0.3) is 0 Å². The van der Waals surface area contributed by atoms with Crippen LogP contribution in [0.3, 0.4) is 0 Å². The number of hydrogen-bond acceptors (Lipinski definition) is 3. The van der Waals surface area contributed by atoms with Gasteiger partial charge in [-0.3, -0.25) is 0 Å². The summed E-state index contributed by atoms with van der Waals surface area (Å²) >= 11 is 0. The highest BCUT2D eigenvalue weighted by molar-refractivity contribution is 4.81. The van der Waals surface area contributed by atoms with Gasteiger partial charge >= 0.3 is 0 Å². The van der Waals surface area contributed by atoms with E-state index < -0.39 is 0 Å². The fraction of sp³-hybridized carbons (Fsp3) is 1.00. The molecule has 1 heterocycles. The van der Waals surface area contributed by atoms with E-state index in [0.717, 1.165) is 12.0 Å². The van der Waals surface area contributed by atoms with Crippen molar-refractivity contribution in [1.29, 1.82) is 0 Å². The van der Waals surface area contributed by atoms with Crippen LogP contribution >= 0.6 is 0 Å². The molecule has 0 radical (unpaired) electrons. The quantitative estimate of drug-likeness (QED) is 0.811. The summed E-state index contributed by atoms with van der Waals surface area (Å²) in [4.78, 5) is 5.07. The van der Waals surface area contributed by atoms with E-state index in [1.165, 1.54) is 58.2 Å². The first-order valence-corrected chi connectivity index (χ1v) is 7.29. The van der Waals surface area contributed by atoms with Crippen molar-refractivity contribution in [3.8, 4) is 0 Å². The highest BCUT2D eigenvalue weighted by Gasteiger charge is 2.24. The van der Waals surface area contributed by atoms with Crippen LogP contribution < -0.4 is 5.73 Å². The monoisotopic (exact) mass is 239 g/mol. The van der Waals surface area contributed by atoms with E-state index in [-0.39, 0.29) is 0 Å². The van der Waals surface area contributed by atoms with Gasteiger partial charge in [0.05, 0.1) is 0 Å². The largest absolute Gasteiger partial charge is 0.328 e. The number of nitrogens with two attached hydrogens (primary N) is 1. The standard InChI is InChI=1S/C14H29N3/c1-16-9-7-14(8-10-16)17(2)11-12-3-5-13(15)6-4-12/h12-14H,3-11,15H2,1-2H3. The van der Waals surface area contributed by atoms with Crippen molar-refractivity contribution < 1.29 is 0 Å². The third kappa shape index (κ3) is 3.94. The zero-order valence-electron chi connectivity index (χ0n) is 11.6. The summed E-state index contributed by atoms with van der Waals surface area (Å²) in [5.41, 5.74) is 5.97. The second kappa shape index (κ2) is 6.17. The van der Waals surface area contributed by atoms with Crippen molar-refractivity contribution in [3.05, 3.63) is 0 Å². The molecule has 100 valence electrons. The van der Waals surface area contributed by atoms with Crippen LogP contribution in [0.1, 0.15) is 38.5 Å². The molecule has 0 unspecified atom stereocenters. The molecule has 1 aliphatic heterocycles. The zero-order chi connectivity index (χ0) is 12.3. The average Bonchev–Trinajstić information content (AvgIpc) is 2.33. The van der Waals surface area contributed by atoms with Crippen molar-refractivity contribution in [1.82, 2.24) is 9.80 Å². The minimum atomic E-state index is 0.486. The first-order chi connectivity index (χ1) is 8.15. The third-order valence-electron chi connectivity index (χ3n) is 4.75. The predicted molar refractivity (Wildman–Crippen MR) is 73.1 cm³/mol. The van der Waals surface area contributed by atoms with E-state index in [1.807, 2.05) is 0 Å². The van der Waals surface area contributed by atoms with Gasteiger partial charge in [0, 0.05) is 18.6 Å². The average molecular weight is 239 g/mol. The topological polar surface area (TPSA) is 32.5 Å². The molecule has 2 aliphatic rings. The Balaban J connectivity index is 1.71. The van der Waals surface area contributed by atoms with Crippen LogP contribution in [-0.4, -0.2) is 55.6 Å². The fourth-order valence-corrected chi connectivity index (χ4v) is 3.36.